The van der Waals surface area contributed by atoms with E-state index in [2.05, 4.69) is 34.7 Å². The Morgan fingerprint density at radius 2 is 2.00 bits per heavy atom. The summed E-state index contributed by atoms with van der Waals surface area (Å²) in [6.45, 7) is 0.112. The second-order valence-corrected chi connectivity index (χ2v) is 4.12. The molecule has 2 rings (SSSR count). The second kappa shape index (κ2) is 3.64. The SMILES string of the molecule is OCc1ccc2cccc(I)c2c1. The van der Waals surface area contributed by atoms with Gasteiger partial charge in [-0.05, 0) is 51.1 Å². The van der Waals surface area contributed by atoms with Crippen molar-refractivity contribution in [1.29, 1.82) is 0 Å². The predicted octanol–water partition coefficient (Wildman–Crippen LogP) is 2.94. The zero-order valence-corrected chi connectivity index (χ0v) is 9.15. The van der Waals surface area contributed by atoms with Gasteiger partial charge in [0.2, 0.25) is 0 Å². The fourth-order valence-corrected chi connectivity index (χ4v) is 2.05. The molecule has 0 aliphatic rings. The Bertz CT molecular complexity index is 437. The van der Waals surface area contributed by atoms with Gasteiger partial charge in [-0.2, -0.15) is 0 Å². The van der Waals surface area contributed by atoms with Gasteiger partial charge in [0, 0.05) is 3.57 Å². The van der Waals surface area contributed by atoms with Crippen LogP contribution in [0.15, 0.2) is 36.4 Å². The third-order valence-electron chi connectivity index (χ3n) is 2.08. The van der Waals surface area contributed by atoms with Gasteiger partial charge < -0.3 is 5.11 Å². The molecule has 0 saturated carbocycles. The number of aliphatic hydroxyl groups is 1. The smallest absolute Gasteiger partial charge is 0.0682 e. The maximum absolute atomic E-state index is 8.99. The highest BCUT2D eigenvalue weighted by molar-refractivity contribution is 14.1. The van der Waals surface area contributed by atoms with Crippen molar-refractivity contribution in [3.05, 3.63) is 45.5 Å². The van der Waals surface area contributed by atoms with Crippen LogP contribution in [0.5, 0.6) is 0 Å². The van der Waals surface area contributed by atoms with Gasteiger partial charge in [0.05, 0.1) is 6.61 Å². The first-order valence-corrected chi connectivity index (χ1v) is 5.17. The van der Waals surface area contributed by atoms with E-state index < -0.39 is 0 Å². The van der Waals surface area contributed by atoms with Crippen LogP contribution in [0, 0.1) is 3.57 Å². The Kier molecular flexibility index (Phi) is 2.51. The highest BCUT2D eigenvalue weighted by Gasteiger charge is 1.98. The number of fused-ring (bicyclic) bond motifs is 1. The number of aliphatic hydroxyl groups excluding tert-OH is 1. The molecular formula is C11H9IO. The molecule has 0 unspecified atom stereocenters. The monoisotopic (exact) mass is 284 g/mol. The van der Waals surface area contributed by atoms with Crippen LogP contribution in [-0.2, 0) is 6.61 Å². The minimum atomic E-state index is 0.112. The summed E-state index contributed by atoms with van der Waals surface area (Å²) in [5, 5.41) is 11.4. The highest BCUT2D eigenvalue weighted by atomic mass is 127. The van der Waals surface area contributed by atoms with Crippen molar-refractivity contribution in [2.75, 3.05) is 0 Å². The molecule has 0 aliphatic carbocycles. The molecule has 0 aliphatic heterocycles. The van der Waals surface area contributed by atoms with Crippen LogP contribution in [0.1, 0.15) is 5.56 Å². The normalized spacial score (nSPS) is 10.6. The summed E-state index contributed by atoms with van der Waals surface area (Å²) in [6, 6.07) is 12.2. The zero-order valence-electron chi connectivity index (χ0n) is 7.00. The molecular weight excluding hydrogens is 275 g/mol. The minimum absolute atomic E-state index is 0.112. The van der Waals surface area contributed by atoms with Gasteiger partial charge in [0.25, 0.3) is 0 Å². The Labute approximate surface area is 90.5 Å². The van der Waals surface area contributed by atoms with E-state index in [0.29, 0.717) is 0 Å². The number of halogens is 1. The predicted molar refractivity (Wildman–Crippen MR) is 62.6 cm³/mol. The standard InChI is InChI=1S/C11H9IO/c12-11-3-1-2-9-5-4-8(7-13)6-10(9)11/h1-6,13H,7H2. The maximum Gasteiger partial charge on any atom is 0.0682 e. The molecule has 0 fully saturated rings. The lowest BCUT2D eigenvalue weighted by atomic mass is 10.1. The molecule has 1 N–H and O–H groups in total. The van der Waals surface area contributed by atoms with Crippen molar-refractivity contribution >= 4 is 33.4 Å². The molecule has 2 heteroatoms. The molecule has 2 aromatic carbocycles. The molecule has 0 saturated heterocycles. The number of benzene rings is 2. The largest absolute Gasteiger partial charge is 0.392 e. The summed E-state index contributed by atoms with van der Waals surface area (Å²) in [5.74, 6) is 0. The van der Waals surface area contributed by atoms with Gasteiger partial charge in [-0.15, -0.1) is 0 Å². The lowest BCUT2D eigenvalue weighted by molar-refractivity contribution is 0.282. The van der Waals surface area contributed by atoms with E-state index in [-0.39, 0.29) is 6.61 Å². The molecule has 0 radical (unpaired) electrons. The van der Waals surface area contributed by atoms with E-state index >= 15 is 0 Å². The maximum atomic E-state index is 8.99. The number of rotatable bonds is 1. The summed E-state index contributed by atoms with van der Waals surface area (Å²) < 4.78 is 1.23. The molecule has 0 heterocycles. The van der Waals surface area contributed by atoms with E-state index in [1.54, 1.807) is 0 Å². The lowest BCUT2D eigenvalue weighted by Gasteiger charge is -2.02. The molecule has 0 atom stereocenters. The van der Waals surface area contributed by atoms with Crippen molar-refractivity contribution in [1.82, 2.24) is 0 Å². The molecule has 0 amide bonds. The third-order valence-corrected chi connectivity index (χ3v) is 3.02. The summed E-state index contributed by atoms with van der Waals surface area (Å²) >= 11 is 2.31. The lowest BCUT2D eigenvalue weighted by Crippen LogP contribution is -1.84. The van der Waals surface area contributed by atoms with E-state index in [4.69, 9.17) is 5.11 Å². The van der Waals surface area contributed by atoms with Crippen LogP contribution in [0.2, 0.25) is 0 Å². The molecule has 0 bridgehead atoms. The van der Waals surface area contributed by atoms with Crippen LogP contribution >= 0.6 is 22.6 Å². The Hall–Kier alpha value is -0.610. The van der Waals surface area contributed by atoms with Gasteiger partial charge in [0.1, 0.15) is 0 Å². The van der Waals surface area contributed by atoms with Crippen LogP contribution in [-0.4, -0.2) is 5.11 Å². The van der Waals surface area contributed by atoms with Gasteiger partial charge in [-0.25, -0.2) is 0 Å². The molecule has 66 valence electrons. The second-order valence-electron chi connectivity index (χ2n) is 2.95. The topological polar surface area (TPSA) is 20.2 Å². The van der Waals surface area contributed by atoms with Crippen molar-refractivity contribution < 1.29 is 5.11 Å². The van der Waals surface area contributed by atoms with Crippen molar-refractivity contribution in [3.8, 4) is 0 Å². The van der Waals surface area contributed by atoms with Crippen molar-refractivity contribution in [2.45, 2.75) is 6.61 Å². The fourth-order valence-electron chi connectivity index (χ4n) is 1.38. The van der Waals surface area contributed by atoms with E-state index in [9.17, 15) is 0 Å². The average Bonchev–Trinajstić information content (AvgIpc) is 2.18. The summed E-state index contributed by atoms with van der Waals surface area (Å²) in [6.07, 6.45) is 0. The van der Waals surface area contributed by atoms with Crippen LogP contribution in [0.25, 0.3) is 10.8 Å². The van der Waals surface area contributed by atoms with E-state index in [0.717, 1.165) is 5.56 Å². The molecule has 1 nitrogen and oxygen atoms in total. The summed E-state index contributed by atoms with van der Waals surface area (Å²) in [4.78, 5) is 0. The Morgan fingerprint density at radius 3 is 2.77 bits per heavy atom. The van der Waals surface area contributed by atoms with Crippen LogP contribution in [0.4, 0.5) is 0 Å². The number of hydrogen-bond acceptors (Lipinski definition) is 1. The summed E-state index contributed by atoms with van der Waals surface area (Å²) in [7, 11) is 0. The van der Waals surface area contributed by atoms with E-state index in [1.807, 2.05) is 24.3 Å². The molecule has 0 spiro atoms. The average molecular weight is 284 g/mol. The van der Waals surface area contributed by atoms with Gasteiger partial charge in [0.15, 0.2) is 0 Å². The van der Waals surface area contributed by atoms with Crippen LogP contribution in [0.3, 0.4) is 0 Å². The van der Waals surface area contributed by atoms with E-state index in [1.165, 1.54) is 14.3 Å². The highest BCUT2D eigenvalue weighted by Crippen LogP contribution is 2.21. The third kappa shape index (κ3) is 1.69. The molecule has 13 heavy (non-hydrogen) atoms. The van der Waals surface area contributed by atoms with Crippen molar-refractivity contribution in [2.24, 2.45) is 0 Å². The van der Waals surface area contributed by atoms with Gasteiger partial charge in [-0.1, -0.05) is 24.3 Å². The zero-order chi connectivity index (χ0) is 9.26. The van der Waals surface area contributed by atoms with Crippen molar-refractivity contribution in [3.63, 3.8) is 0 Å². The molecule has 0 aromatic heterocycles. The first kappa shape index (κ1) is 8.97. The minimum Gasteiger partial charge on any atom is -0.392 e. The number of hydrogen-bond donors (Lipinski definition) is 1. The first-order chi connectivity index (χ1) is 6.31. The first-order valence-electron chi connectivity index (χ1n) is 4.09. The Balaban J connectivity index is 2.74. The fraction of sp³-hybridized carbons (Fsp3) is 0.0909. The quantitative estimate of drug-likeness (QED) is 0.798. The Morgan fingerprint density at radius 1 is 1.15 bits per heavy atom. The molecule has 2 aromatic rings. The van der Waals surface area contributed by atoms with Gasteiger partial charge in [-0.3, -0.25) is 0 Å². The summed E-state index contributed by atoms with van der Waals surface area (Å²) in [5.41, 5.74) is 0.969. The van der Waals surface area contributed by atoms with Crippen LogP contribution < -0.4 is 0 Å². The van der Waals surface area contributed by atoms with Gasteiger partial charge >= 0.3 is 0 Å².